The molecule has 0 radical (unpaired) electrons. The molecule has 0 atom stereocenters. The Labute approximate surface area is 143 Å². The summed E-state index contributed by atoms with van der Waals surface area (Å²) < 4.78 is 4.14. The van der Waals surface area contributed by atoms with Crippen molar-refractivity contribution in [3.8, 4) is 11.5 Å². The Morgan fingerprint density at radius 3 is 2.83 bits per heavy atom. The summed E-state index contributed by atoms with van der Waals surface area (Å²) in [5, 5.41) is 0.638. The first kappa shape index (κ1) is 14.8. The molecule has 0 amide bonds. The summed E-state index contributed by atoms with van der Waals surface area (Å²) in [7, 11) is 0. The molecule has 0 bridgehead atoms. The molecular weight excluding hydrogens is 324 g/mol. The molecule has 0 aliphatic rings. The van der Waals surface area contributed by atoms with Gasteiger partial charge in [0.2, 0.25) is 0 Å². The molecule has 0 aromatic carbocycles. The Morgan fingerprint density at radius 2 is 2.00 bits per heavy atom. The fourth-order valence-corrected chi connectivity index (χ4v) is 2.97. The van der Waals surface area contributed by atoms with Crippen LogP contribution in [0.4, 0.5) is 0 Å². The predicted molar refractivity (Wildman–Crippen MR) is 92.8 cm³/mol. The first-order valence-corrected chi connectivity index (χ1v) is 8.07. The van der Waals surface area contributed by atoms with E-state index < -0.39 is 0 Å². The summed E-state index contributed by atoms with van der Waals surface area (Å²) in [6, 6.07) is 7.44. The van der Waals surface area contributed by atoms with Crippen LogP contribution in [0.5, 0.6) is 0 Å². The third-order valence-corrected chi connectivity index (χ3v) is 4.11. The van der Waals surface area contributed by atoms with Crippen molar-refractivity contribution < 1.29 is 0 Å². The summed E-state index contributed by atoms with van der Waals surface area (Å²) in [6.07, 6.45) is 7.15. The maximum absolute atomic E-state index is 6.07. The molecule has 0 unspecified atom stereocenters. The Bertz CT molecular complexity index is 1000. The van der Waals surface area contributed by atoms with Crippen LogP contribution in [0.3, 0.4) is 0 Å². The maximum Gasteiger partial charge on any atom is 0.160 e. The zero-order valence-corrected chi connectivity index (χ0v) is 13.9. The number of aryl methyl sites for hydroxylation is 1. The lowest BCUT2D eigenvalue weighted by Gasteiger charge is -2.09. The summed E-state index contributed by atoms with van der Waals surface area (Å²) >= 11 is 6.07. The molecular formula is C17H15ClN6. The smallest absolute Gasteiger partial charge is 0.160 e. The van der Waals surface area contributed by atoms with Crippen LogP contribution in [0.2, 0.25) is 5.02 Å². The standard InChI is InChI=1S/C17H15ClN6/c1-2-24-15(22-13-4-3-6-20-17(13)24)11-23-9-8-21-16(23)14-10-12(18)5-7-19-14/h3-10H,2,11H2,1H3. The third kappa shape index (κ3) is 2.55. The number of aromatic nitrogens is 6. The maximum atomic E-state index is 6.07. The largest absolute Gasteiger partial charge is 0.322 e. The van der Waals surface area contributed by atoms with Gasteiger partial charge in [-0.25, -0.2) is 15.0 Å². The van der Waals surface area contributed by atoms with E-state index in [1.165, 1.54) is 0 Å². The van der Waals surface area contributed by atoms with Crippen molar-refractivity contribution in [3.63, 3.8) is 0 Å². The SMILES string of the molecule is CCn1c(Cn2ccnc2-c2cc(Cl)ccn2)nc2cccnc21. The molecule has 4 aromatic rings. The minimum atomic E-state index is 0.591. The highest BCUT2D eigenvalue weighted by Crippen LogP contribution is 2.21. The highest BCUT2D eigenvalue weighted by Gasteiger charge is 2.14. The number of hydrogen-bond donors (Lipinski definition) is 0. The molecule has 0 saturated carbocycles. The lowest BCUT2D eigenvalue weighted by Crippen LogP contribution is -2.09. The van der Waals surface area contributed by atoms with Crippen molar-refractivity contribution in [2.45, 2.75) is 20.0 Å². The Kier molecular flexibility index (Phi) is 3.74. The van der Waals surface area contributed by atoms with E-state index in [1.807, 2.05) is 29.0 Å². The van der Waals surface area contributed by atoms with Crippen LogP contribution in [-0.4, -0.2) is 29.1 Å². The highest BCUT2D eigenvalue weighted by molar-refractivity contribution is 6.30. The quantitative estimate of drug-likeness (QED) is 0.572. The molecule has 6 nitrogen and oxygen atoms in total. The Balaban J connectivity index is 1.76. The van der Waals surface area contributed by atoms with Gasteiger partial charge >= 0.3 is 0 Å². The van der Waals surface area contributed by atoms with Crippen molar-refractivity contribution in [1.82, 2.24) is 29.1 Å². The van der Waals surface area contributed by atoms with Gasteiger partial charge < -0.3 is 9.13 Å². The topological polar surface area (TPSA) is 61.4 Å². The average molecular weight is 339 g/mol. The molecule has 4 heterocycles. The van der Waals surface area contributed by atoms with E-state index in [9.17, 15) is 0 Å². The molecule has 4 rings (SSSR count). The number of rotatable bonds is 4. The highest BCUT2D eigenvalue weighted by atomic mass is 35.5. The summed E-state index contributed by atoms with van der Waals surface area (Å²) in [6.45, 7) is 3.49. The molecule has 0 fully saturated rings. The zero-order chi connectivity index (χ0) is 16.5. The molecule has 0 aliphatic heterocycles. The van der Waals surface area contributed by atoms with Gasteiger partial charge in [0.15, 0.2) is 11.5 Å². The van der Waals surface area contributed by atoms with Crippen LogP contribution in [0.15, 0.2) is 49.1 Å². The van der Waals surface area contributed by atoms with Gasteiger partial charge in [0.1, 0.15) is 17.0 Å². The molecule has 24 heavy (non-hydrogen) atoms. The zero-order valence-electron chi connectivity index (χ0n) is 13.1. The second kappa shape index (κ2) is 6.05. The fourth-order valence-electron chi connectivity index (χ4n) is 2.81. The monoisotopic (exact) mass is 338 g/mol. The minimum Gasteiger partial charge on any atom is -0.322 e. The van der Waals surface area contributed by atoms with Gasteiger partial charge in [-0.3, -0.25) is 4.98 Å². The first-order chi connectivity index (χ1) is 11.8. The van der Waals surface area contributed by atoms with Crippen molar-refractivity contribution in [2.75, 3.05) is 0 Å². The second-order valence-electron chi connectivity index (χ2n) is 5.36. The van der Waals surface area contributed by atoms with Crippen LogP contribution in [0.1, 0.15) is 12.7 Å². The van der Waals surface area contributed by atoms with Gasteiger partial charge in [-0.05, 0) is 31.2 Å². The Morgan fingerprint density at radius 1 is 1.08 bits per heavy atom. The van der Waals surface area contributed by atoms with Crippen LogP contribution in [-0.2, 0) is 13.1 Å². The molecule has 7 heteroatoms. The van der Waals surface area contributed by atoms with Crippen LogP contribution >= 0.6 is 11.6 Å². The van der Waals surface area contributed by atoms with Gasteiger partial charge in [0, 0.05) is 36.4 Å². The van der Waals surface area contributed by atoms with Gasteiger partial charge in [-0.15, -0.1) is 0 Å². The average Bonchev–Trinajstić information content (AvgIpc) is 3.19. The number of fused-ring (bicyclic) bond motifs is 1. The number of hydrogen-bond acceptors (Lipinski definition) is 4. The summed E-state index contributed by atoms with van der Waals surface area (Å²) in [5.41, 5.74) is 2.54. The van der Waals surface area contributed by atoms with Crippen LogP contribution in [0.25, 0.3) is 22.7 Å². The molecule has 0 saturated heterocycles. The van der Waals surface area contributed by atoms with E-state index in [-0.39, 0.29) is 0 Å². The van der Waals surface area contributed by atoms with E-state index >= 15 is 0 Å². The van der Waals surface area contributed by atoms with Crippen molar-refractivity contribution in [3.05, 3.63) is 59.9 Å². The lowest BCUT2D eigenvalue weighted by molar-refractivity contribution is 0.663. The normalized spacial score (nSPS) is 11.2. The van der Waals surface area contributed by atoms with E-state index in [0.29, 0.717) is 11.6 Å². The van der Waals surface area contributed by atoms with Gasteiger partial charge in [0.25, 0.3) is 0 Å². The number of nitrogens with zero attached hydrogens (tertiary/aromatic N) is 6. The number of imidazole rings is 2. The second-order valence-corrected chi connectivity index (χ2v) is 5.79. The molecule has 0 spiro atoms. The summed E-state index contributed by atoms with van der Waals surface area (Å²) in [4.78, 5) is 17.9. The molecule has 4 aromatic heterocycles. The minimum absolute atomic E-state index is 0.591. The van der Waals surface area contributed by atoms with E-state index in [4.69, 9.17) is 16.6 Å². The lowest BCUT2D eigenvalue weighted by atomic mass is 10.3. The van der Waals surface area contributed by atoms with Gasteiger partial charge in [-0.1, -0.05) is 11.6 Å². The van der Waals surface area contributed by atoms with E-state index in [1.54, 1.807) is 24.7 Å². The Hall–Kier alpha value is -2.73. The van der Waals surface area contributed by atoms with Crippen LogP contribution < -0.4 is 0 Å². The van der Waals surface area contributed by atoms with E-state index in [0.717, 1.165) is 35.1 Å². The fraction of sp³-hybridized carbons (Fsp3) is 0.176. The first-order valence-electron chi connectivity index (χ1n) is 7.69. The number of halogens is 1. The van der Waals surface area contributed by atoms with Gasteiger partial charge in [0.05, 0.1) is 6.54 Å². The number of pyridine rings is 2. The molecule has 0 aliphatic carbocycles. The molecule has 120 valence electrons. The predicted octanol–water partition coefficient (Wildman–Crippen LogP) is 3.41. The van der Waals surface area contributed by atoms with Crippen molar-refractivity contribution in [2.24, 2.45) is 0 Å². The van der Waals surface area contributed by atoms with E-state index in [2.05, 4.69) is 26.4 Å². The molecule has 0 N–H and O–H groups in total. The van der Waals surface area contributed by atoms with Crippen LogP contribution in [0, 0.1) is 0 Å². The van der Waals surface area contributed by atoms with Crippen molar-refractivity contribution in [1.29, 1.82) is 0 Å². The summed E-state index contributed by atoms with van der Waals surface area (Å²) in [5.74, 6) is 1.70. The van der Waals surface area contributed by atoms with Crippen molar-refractivity contribution >= 4 is 22.8 Å². The van der Waals surface area contributed by atoms with Gasteiger partial charge in [-0.2, -0.15) is 0 Å². The third-order valence-electron chi connectivity index (χ3n) is 3.88.